The van der Waals surface area contributed by atoms with Crippen LogP contribution in [0.25, 0.3) is 0 Å². The van der Waals surface area contributed by atoms with Crippen LogP contribution in [-0.2, 0) is 0 Å². The van der Waals surface area contributed by atoms with Gasteiger partial charge in [0.05, 0.1) is 14.2 Å². The monoisotopic (exact) mass is 313 g/mol. The molecule has 0 aliphatic rings. The lowest BCUT2D eigenvalue weighted by Gasteiger charge is -2.15. The van der Waals surface area contributed by atoms with E-state index in [2.05, 4.69) is 24.4 Å². The second-order valence-corrected chi connectivity index (χ2v) is 5.39. The molecule has 0 heterocycles. The van der Waals surface area contributed by atoms with Crippen LogP contribution < -0.4 is 14.8 Å². The second kappa shape index (κ2) is 8.22. The van der Waals surface area contributed by atoms with Gasteiger partial charge in [-0.1, -0.05) is 43.3 Å². The third kappa shape index (κ3) is 4.25. The predicted molar refractivity (Wildman–Crippen MR) is 91.4 cm³/mol. The van der Waals surface area contributed by atoms with Gasteiger partial charge in [0.1, 0.15) is 17.1 Å². The predicted octanol–water partition coefficient (Wildman–Crippen LogP) is 3.63. The second-order valence-electron chi connectivity index (χ2n) is 5.39. The zero-order chi connectivity index (χ0) is 16.7. The Morgan fingerprint density at radius 2 is 1.61 bits per heavy atom. The van der Waals surface area contributed by atoms with Gasteiger partial charge in [-0.05, 0) is 30.0 Å². The number of ether oxygens (including phenoxy) is 2. The minimum Gasteiger partial charge on any atom is -0.496 e. The fourth-order valence-corrected chi connectivity index (χ4v) is 2.51. The highest BCUT2D eigenvalue weighted by atomic mass is 16.5. The zero-order valence-electron chi connectivity index (χ0n) is 13.8. The topological polar surface area (TPSA) is 47.6 Å². The first-order valence-corrected chi connectivity index (χ1v) is 7.71. The summed E-state index contributed by atoms with van der Waals surface area (Å²) in [7, 11) is 3.09. The molecular weight excluding hydrogens is 290 g/mol. The molecule has 1 amide bonds. The molecule has 4 nitrogen and oxygen atoms in total. The normalized spacial score (nSPS) is 11.6. The maximum Gasteiger partial charge on any atom is 0.258 e. The van der Waals surface area contributed by atoms with E-state index < -0.39 is 0 Å². The maximum absolute atomic E-state index is 12.5. The van der Waals surface area contributed by atoms with Crippen molar-refractivity contribution in [2.75, 3.05) is 20.8 Å². The third-order valence-electron chi connectivity index (χ3n) is 3.89. The molecule has 1 atom stereocenters. The summed E-state index contributed by atoms with van der Waals surface area (Å²) < 4.78 is 10.5. The molecule has 0 spiro atoms. The van der Waals surface area contributed by atoms with Gasteiger partial charge in [0.25, 0.3) is 5.91 Å². The number of hydrogen-bond acceptors (Lipinski definition) is 3. The van der Waals surface area contributed by atoms with Crippen molar-refractivity contribution in [1.29, 1.82) is 0 Å². The summed E-state index contributed by atoms with van der Waals surface area (Å²) in [4.78, 5) is 12.5. The number of benzene rings is 2. The van der Waals surface area contributed by atoms with E-state index in [1.165, 1.54) is 5.56 Å². The first-order chi connectivity index (χ1) is 11.2. The van der Waals surface area contributed by atoms with Crippen molar-refractivity contribution < 1.29 is 14.3 Å². The van der Waals surface area contributed by atoms with Crippen LogP contribution in [0.2, 0.25) is 0 Å². The third-order valence-corrected chi connectivity index (χ3v) is 3.89. The molecule has 0 aliphatic heterocycles. The molecule has 122 valence electrons. The Morgan fingerprint density at radius 3 is 2.17 bits per heavy atom. The van der Waals surface area contributed by atoms with E-state index in [9.17, 15) is 4.79 Å². The molecule has 2 aromatic rings. The molecular formula is C19H23NO3. The van der Waals surface area contributed by atoms with Gasteiger partial charge in [0.2, 0.25) is 0 Å². The molecule has 4 heteroatoms. The van der Waals surface area contributed by atoms with Crippen molar-refractivity contribution >= 4 is 5.91 Å². The van der Waals surface area contributed by atoms with Gasteiger partial charge in [-0.25, -0.2) is 0 Å². The van der Waals surface area contributed by atoms with Crippen molar-refractivity contribution in [3.63, 3.8) is 0 Å². The number of methoxy groups -OCH3 is 2. The first-order valence-electron chi connectivity index (χ1n) is 7.71. The van der Waals surface area contributed by atoms with Gasteiger partial charge in [0, 0.05) is 6.54 Å². The minimum atomic E-state index is -0.181. The van der Waals surface area contributed by atoms with Crippen molar-refractivity contribution in [2.45, 2.75) is 19.3 Å². The Hall–Kier alpha value is -2.49. The lowest BCUT2D eigenvalue weighted by Crippen LogP contribution is -2.26. The molecule has 0 fully saturated rings. The summed E-state index contributed by atoms with van der Waals surface area (Å²) >= 11 is 0. The number of rotatable bonds is 7. The molecule has 2 aromatic carbocycles. The fourth-order valence-electron chi connectivity index (χ4n) is 2.51. The number of hydrogen-bond donors (Lipinski definition) is 1. The van der Waals surface area contributed by atoms with Crippen molar-refractivity contribution in [2.24, 2.45) is 0 Å². The lowest BCUT2D eigenvalue weighted by atomic mass is 9.98. The van der Waals surface area contributed by atoms with E-state index in [1.807, 2.05) is 18.2 Å². The summed E-state index contributed by atoms with van der Waals surface area (Å²) in [5.74, 6) is 1.23. The zero-order valence-corrected chi connectivity index (χ0v) is 13.8. The molecule has 0 bridgehead atoms. The largest absolute Gasteiger partial charge is 0.496 e. The molecule has 0 saturated heterocycles. The molecule has 23 heavy (non-hydrogen) atoms. The van der Waals surface area contributed by atoms with Gasteiger partial charge in [-0.2, -0.15) is 0 Å². The van der Waals surface area contributed by atoms with Gasteiger partial charge >= 0.3 is 0 Å². The van der Waals surface area contributed by atoms with Gasteiger partial charge < -0.3 is 14.8 Å². The lowest BCUT2D eigenvalue weighted by molar-refractivity contribution is 0.0946. The standard InChI is InChI=1S/C19H23NO3/c1-14(15-8-5-4-6-9-15)12-13-20-19(21)18-16(22-2)10-7-11-17(18)23-3/h4-11,14H,12-13H2,1-3H3,(H,20,21). The molecule has 0 aromatic heterocycles. The van der Waals surface area contributed by atoms with Gasteiger partial charge in [-0.3, -0.25) is 4.79 Å². The van der Waals surface area contributed by atoms with Crippen LogP contribution in [0.3, 0.4) is 0 Å². The van der Waals surface area contributed by atoms with Crippen LogP contribution in [0.4, 0.5) is 0 Å². The highest BCUT2D eigenvalue weighted by Crippen LogP contribution is 2.28. The van der Waals surface area contributed by atoms with E-state index in [0.717, 1.165) is 6.42 Å². The summed E-state index contributed by atoms with van der Waals surface area (Å²) in [6.45, 7) is 2.75. The number of carbonyl (C=O) groups is 1. The van der Waals surface area contributed by atoms with Crippen LogP contribution in [0.5, 0.6) is 11.5 Å². The fraction of sp³-hybridized carbons (Fsp3) is 0.316. The van der Waals surface area contributed by atoms with E-state index in [4.69, 9.17) is 9.47 Å². The summed E-state index contributed by atoms with van der Waals surface area (Å²) in [6.07, 6.45) is 0.868. The van der Waals surface area contributed by atoms with Crippen molar-refractivity contribution in [3.05, 3.63) is 59.7 Å². The smallest absolute Gasteiger partial charge is 0.258 e. The van der Waals surface area contributed by atoms with Gasteiger partial charge in [-0.15, -0.1) is 0 Å². The summed E-state index contributed by atoms with van der Waals surface area (Å²) in [6, 6.07) is 15.6. The quantitative estimate of drug-likeness (QED) is 0.849. The molecule has 0 aliphatic carbocycles. The van der Waals surface area contributed by atoms with Crippen molar-refractivity contribution in [1.82, 2.24) is 5.32 Å². The van der Waals surface area contributed by atoms with E-state index in [0.29, 0.717) is 29.5 Å². The SMILES string of the molecule is COc1cccc(OC)c1C(=O)NCCC(C)c1ccccc1. The molecule has 0 saturated carbocycles. The summed E-state index contributed by atoms with van der Waals surface area (Å²) in [5, 5.41) is 2.95. The number of amides is 1. The summed E-state index contributed by atoms with van der Waals surface area (Å²) in [5.41, 5.74) is 1.71. The Balaban J connectivity index is 1.98. The molecule has 0 radical (unpaired) electrons. The number of nitrogens with one attached hydrogen (secondary N) is 1. The van der Waals surface area contributed by atoms with E-state index in [-0.39, 0.29) is 5.91 Å². The highest BCUT2D eigenvalue weighted by molar-refractivity contribution is 5.99. The average Bonchev–Trinajstić information content (AvgIpc) is 2.61. The maximum atomic E-state index is 12.5. The Morgan fingerprint density at radius 1 is 1.00 bits per heavy atom. The number of carbonyl (C=O) groups excluding carboxylic acids is 1. The Bertz CT molecular complexity index is 618. The molecule has 1 unspecified atom stereocenters. The van der Waals surface area contributed by atoms with Gasteiger partial charge in [0.15, 0.2) is 0 Å². The highest BCUT2D eigenvalue weighted by Gasteiger charge is 2.18. The van der Waals surface area contributed by atoms with Crippen LogP contribution in [0, 0.1) is 0 Å². The minimum absolute atomic E-state index is 0.181. The Kier molecular flexibility index (Phi) is 6.03. The van der Waals surface area contributed by atoms with Crippen molar-refractivity contribution in [3.8, 4) is 11.5 Å². The Labute approximate surface area is 137 Å². The van der Waals surface area contributed by atoms with E-state index in [1.54, 1.807) is 32.4 Å². The average molecular weight is 313 g/mol. The van der Waals surface area contributed by atoms with Crippen LogP contribution in [-0.4, -0.2) is 26.7 Å². The van der Waals surface area contributed by atoms with Crippen LogP contribution in [0.1, 0.15) is 35.2 Å². The van der Waals surface area contributed by atoms with Crippen LogP contribution in [0.15, 0.2) is 48.5 Å². The molecule has 1 N–H and O–H groups in total. The first kappa shape index (κ1) is 16.9. The van der Waals surface area contributed by atoms with E-state index >= 15 is 0 Å². The molecule has 2 rings (SSSR count). The van der Waals surface area contributed by atoms with Crippen LogP contribution >= 0.6 is 0 Å².